The molecule has 1 amide bonds. The molecule has 0 saturated heterocycles. The van der Waals surface area contributed by atoms with Crippen LogP contribution >= 0.6 is 0 Å². The maximum atomic E-state index is 11.9. The van der Waals surface area contributed by atoms with E-state index in [-0.39, 0.29) is 23.8 Å². The fourth-order valence-electron chi connectivity index (χ4n) is 2.20. The van der Waals surface area contributed by atoms with Crippen LogP contribution in [0.3, 0.4) is 0 Å². The van der Waals surface area contributed by atoms with E-state index in [1.165, 1.54) is 25.5 Å². The largest absolute Gasteiger partial charge is 0.504 e. The number of benzene rings is 2. The van der Waals surface area contributed by atoms with E-state index < -0.39 is 5.91 Å². The van der Waals surface area contributed by atoms with Crippen LogP contribution in [-0.2, 0) is 11.3 Å². The van der Waals surface area contributed by atoms with Crippen molar-refractivity contribution < 1.29 is 19.7 Å². The lowest BCUT2D eigenvalue weighted by Crippen LogP contribution is -2.24. The first-order chi connectivity index (χ1) is 13.1. The Hall–Kier alpha value is -3.95. The van der Waals surface area contributed by atoms with E-state index in [4.69, 9.17) is 4.74 Å². The molecule has 0 radical (unpaired) electrons. The number of rotatable bonds is 6. The number of hydrogen-bond donors (Lipinski definition) is 3. The Balaban J connectivity index is 1.60. The number of amides is 1. The predicted molar refractivity (Wildman–Crippen MR) is 95.3 cm³/mol. The molecule has 3 N–H and O–H groups in total. The zero-order valence-corrected chi connectivity index (χ0v) is 14.3. The van der Waals surface area contributed by atoms with Crippen LogP contribution in [0, 0.1) is 0 Å². The lowest BCUT2D eigenvalue weighted by Gasteiger charge is -2.06. The van der Waals surface area contributed by atoms with E-state index in [2.05, 4.69) is 25.9 Å². The summed E-state index contributed by atoms with van der Waals surface area (Å²) in [5, 5.41) is 34.8. The van der Waals surface area contributed by atoms with Crippen LogP contribution in [0.1, 0.15) is 5.56 Å². The fourth-order valence-corrected chi connectivity index (χ4v) is 2.20. The Morgan fingerprint density at radius 2 is 2.07 bits per heavy atom. The number of hydrogen-bond acceptors (Lipinski definition) is 8. The molecule has 138 valence electrons. The second kappa shape index (κ2) is 7.95. The number of aromatic hydroxyl groups is 2. The lowest BCUT2D eigenvalue weighted by atomic mass is 10.2. The normalized spacial score (nSPS) is 10.9. The Morgan fingerprint density at radius 1 is 1.30 bits per heavy atom. The number of phenolic OH excluding ortho intramolecular Hbond substituents is 2. The summed E-state index contributed by atoms with van der Waals surface area (Å²) >= 11 is 0. The molecule has 0 saturated carbocycles. The van der Waals surface area contributed by atoms with E-state index >= 15 is 0 Å². The van der Waals surface area contributed by atoms with E-state index in [1.54, 1.807) is 0 Å². The maximum absolute atomic E-state index is 11.9. The van der Waals surface area contributed by atoms with Crippen molar-refractivity contribution in [1.82, 2.24) is 25.6 Å². The van der Waals surface area contributed by atoms with Gasteiger partial charge in [0.2, 0.25) is 11.6 Å². The van der Waals surface area contributed by atoms with Gasteiger partial charge in [-0.2, -0.15) is 9.90 Å². The molecule has 3 aromatic rings. The van der Waals surface area contributed by atoms with Crippen molar-refractivity contribution >= 4 is 12.1 Å². The molecule has 0 fully saturated rings. The highest BCUT2D eigenvalue weighted by molar-refractivity contribution is 5.84. The molecule has 1 aromatic heterocycles. The molecule has 0 spiro atoms. The van der Waals surface area contributed by atoms with E-state index in [0.717, 1.165) is 10.4 Å². The second-order valence-corrected chi connectivity index (χ2v) is 5.39. The summed E-state index contributed by atoms with van der Waals surface area (Å²) < 4.78 is 4.93. The van der Waals surface area contributed by atoms with Gasteiger partial charge in [-0.3, -0.25) is 4.79 Å². The highest BCUT2D eigenvalue weighted by Gasteiger charge is 2.10. The topological polar surface area (TPSA) is 135 Å². The maximum Gasteiger partial charge on any atom is 0.263 e. The molecule has 10 heteroatoms. The van der Waals surface area contributed by atoms with Crippen molar-refractivity contribution in [1.29, 1.82) is 0 Å². The molecule has 0 aliphatic rings. The van der Waals surface area contributed by atoms with Gasteiger partial charge in [0, 0.05) is 11.1 Å². The van der Waals surface area contributed by atoms with Crippen molar-refractivity contribution in [3.8, 4) is 28.6 Å². The summed E-state index contributed by atoms with van der Waals surface area (Å²) in [6.45, 7) is -0.165. The standard InChI is InChI=1S/C17H16N6O4/c1-27-14-8-11(7-13(24)16(14)26)9-18-19-15(25)10-23-21-17(20-22-23)12-5-3-2-4-6-12/h2-9,24,26H,10H2,1H3,(H,19,25)/b18-9+. The number of phenols is 2. The minimum absolute atomic E-state index is 0.0861. The number of aromatic nitrogens is 4. The molecular formula is C17H16N6O4. The minimum Gasteiger partial charge on any atom is -0.504 e. The SMILES string of the molecule is COc1cc(/C=N/NC(=O)Cn2nnc(-c3ccccc3)n2)cc(O)c1O. The lowest BCUT2D eigenvalue weighted by molar-refractivity contribution is -0.122. The van der Waals surface area contributed by atoms with Gasteiger partial charge in [-0.25, -0.2) is 5.43 Å². The number of methoxy groups -OCH3 is 1. The number of tetrazole rings is 1. The second-order valence-electron chi connectivity index (χ2n) is 5.39. The van der Waals surface area contributed by atoms with E-state index in [9.17, 15) is 15.0 Å². The van der Waals surface area contributed by atoms with Crippen molar-refractivity contribution in [3.05, 3.63) is 48.0 Å². The average molecular weight is 368 g/mol. The number of carbonyl (C=O) groups excluding carboxylic acids is 1. The van der Waals surface area contributed by atoms with Gasteiger partial charge in [-0.15, -0.1) is 10.2 Å². The molecule has 1 heterocycles. The van der Waals surface area contributed by atoms with Crippen LogP contribution in [0.25, 0.3) is 11.4 Å². The Morgan fingerprint density at radius 3 is 2.81 bits per heavy atom. The van der Waals surface area contributed by atoms with Gasteiger partial charge in [-0.05, 0) is 17.3 Å². The van der Waals surface area contributed by atoms with Crippen LogP contribution in [0.5, 0.6) is 17.2 Å². The molecule has 2 aromatic carbocycles. The minimum atomic E-state index is -0.460. The summed E-state index contributed by atoms with van der Waals surface area (Å²) in [6, 6.07) is 12.0. The van der Waals surface area contributed by atoms with Gasteiger partial charge in [0.25, 0.3) is 5.91 Å². The highest BCUT2D eigenvalue weighted by Crippen LogP contribution is 2.35. The quantitative estimate of drug-likeness (QED) is 0.334. The van der Waals surface area contributed by atoms with Crippen molar-refractivity contribution in [3.63, 3.8) is 0 Å². The zero-order valence-electron chi connectivity index (χ0n) is 14.3. The number of carbonyl (C=O) groups is 1. The molecule has 3 rings (SSSR count). The third-order valence-corrected chi connectivity index (χ3v) is 3.47. The highest BCUT2D eigenvalue weighted by atomic mass is 16.5. The van der Waals surface area contributed by atoms with Gasteiger partial charge in [0.15, 0.2) is 11.5 Å². The van der Waals surface area contributed by atoms with Crippen molar-refractivity contribution in [2.45, 2.75) is 6.54 Å². The first-order valence-electron chi connectivity index (χ1n) is 7.82. The fraction of sp³-hybridized carbons (Fsp3) is 0.118. The van der Waals surface area contributed by atoms with Gasteiger partial charge in [0.1, 0.15) is 6.54 Å². The van der Waals surface area contributed by atoms with Crippen LogP contribution in [0.15, 0.2) is 47.6 Å². The summed E-state index contributed by atoms with van der Waals surface area (Å²) in [6.07, 6.45) is 1.30. The van der Waals surface area contributed by atoms with Crippen LogP contribution in [-0.4, -0.2) is 49.7 Å². The van der Waals surface area contributed by atoms with Crippen molar-refractivity contribution in [2.24, 2.45) is 5.10 Å². The Kier molecular flexibility index (Phi) is 5.26. The van der Waals surface area contributed by atoms with E-state index in [0.29, 0.717) is 11.4 Å². The smallest absolute Gasteiger partial charge is 0.263 e. The monoisotopic (exact) mass is 368 g/mol. The summed E-state index contributed by atoms with van der Waals surface area (Å²) in [4.78, 5) is 13.1. The summed E-state index contributed by atoms with van der Waals surface area (Å²) in [7, 11) is 1.35. The van der Waals surface area contributed by atoms with Crippen LogP contribution in [0.2, 0.25) is 0 Å². The van der Waals surface area contributed by atoms with Gasteiger partial charge >= 0.3 is 0 Å². The van der Waals surface area contributed by atoms with E-state index in [1.807, 2.05) is 30.3 Å². The number of nitrogens with one attached hydrogen (secondary N) is 1. The van der Waals surface area contributed by atoms with Crippen LogP contribution < -0.4 is 10.2 Å². The van der Waals surface area contributed by atoms with Gasteiger partial charge in [0.05, 0.1) is 13.3 Å². The number of ether oxygens (including phenoxy) is 1. The molecule has 0 aliphatic carbocycles. The molecule has 27 heavy (non-hydrogen) atoms. The Bertz CT molecular complexity index is 971. The zero-order chi connectivity index (χ0) is 19.2. The molecular weight excluding hydrogens is 352 g/mol. The third kappa shape index (κ3) is 4.37. The van der Waals surface area contributed by atoms with Gasteiger partial charge in [-0.1, -0.05) is 30.3 Å². The molecule has 0 atom stereocenters. The predicted octanol–water partition coefficient (Wildman–Crippen LogP) is 0.910. The van der Waals surface area contributed by atoms with Gasteiger partial charge < -0.3 is 14.9 Å². The third-order valence-electron chi connectivity index (χ3n) is 3.47. The van der Waals surface area contributed by atoms with Crippen LogP contribution in [0.4, 0.5) is 0 Å². The molecule has 0 unspecified atom stereocenters. The average Bonchev–Trinajstić information content (AvgIpc) is 3.13. The first-order valence-corrected chi connectivity index (χ1v) is 7.82. The summed E-state index contributed by atoms with van der Waals surface area (Å²) in [5.74, 6) is -0.688. The molecule has 0 aliphatic heterocycles. The molecule has 0 bridgehead atoms. The van der Waals surface area contributed by atoms with Crippen molar-refractivity contribution in [2.75, 3.05) is 7.11 Å². The Labute approximate surface area is 153 Å². The number of hydrazone groups is 1. The first kappa shape index (κ1) is 17.9. The number of nitrogens with zero attached hydrogens (tertiary/aromatic N) is 5. The molecule has 10 nitrogen and oxygen atoms in total. The summed E-state index contributed by atoms with van der Waals surface area (Å²) in [5.41, 5.74) is 3.54.